The summed E-state index contributed by atoms with van der Waals surface area (Å²) in [6, 6.07) is -0.107. The first kappa shape index (κ1) is 13.6. The molecule has 1 atom stereocenters. The summed E-state index contributed by atoms with van der Waals surface area (Å²) in [5.41, 5.74) is 5.81. The van der Waals surface area contributed by atoms with Gasteiger partial charge in [-0.25, -0.2) is 4.79 Å². The number of carbonyl (C=O) groups is 1. The molecule has 1 aliphatic carbocycles. The zero-order valence-electron chi connectivity index (χ0n) is 10.9. The van der Waals surface area contributed by atoms with E-state index in [0.29, 0.717) is 10.9 Å². The molecule has 0 aromatic rings. The minimum absolute atomic E-state index is 0.0101. The van der Waals surface area contributed by atoms with Crippen LogP contribution < -0.4 is 11.1 Å². The van der Waals surface area contributed by atoms with Crippen molar-refractivity contribution in [2.45, 2.75) is 51.0 Å². The molecule has 1 saturated carbocycles. The Morgan fingerprint density at radius 2 is 1.78 bits per heavy atom. The highest BCUT2D eigenvalue weighted by atomic mass is 32.1. The van der Waals surface area contributed by atoms with E-state index < -0.39 is 0 Å². The summed E-state index contributed by atoms with van der Waals surface area (Å²) in [6.45, 7) is 1.72. The molecule has 0 aromatic carbocycles. The Morgan fingerprint density at radius 1 is 1.17 bits per heavy atom. The SMILES string of the molecule is NC(=S)C(NC(=O)N1CCCC1)C1CCCCC1. The van der Waals surface area contributed by atoms with Crippen LogP contribution in [0.4, 0.5) is 4.79 Å². The van der Waals surface area contributed by atoms with Crippen molar-refractivity contribution in [3.63, 3.8) is 0 Å². The Labute approximate surface area is 114 Å². The zero-order chi connectivity index (χ0) is 13.0. The molecule has 0 spiro atoms. The summed E-state index contributed by atoms with van der Waals surface area (Å²) in [7, 11) is 0. The minimum Gasteiger partial charge on any atom is -0.392 e. The van der Waals surface area contributed by atoms with Crippen molar-refractivity contribution >= 4 is 23.2 Å². The van der Waals surface area contributed by atoms with Crippen LogP contribution in [-0.2, 0) is 0 Å². The molecule has 2 fully saturated rings. The second kappa shape index (κ2) is 6.36. The molecule has 1 aliphatic heterocycles. The maximum atomic E-state index is 12.1. The van der Waals surface area contributed by atoms with Gasteiger partial charge in [0.15, 0.2) is 0 Å². The summed E-state index contributed by atoms with van der Waals surface area (Å²) in [6.07, 6.45) is 8.21. The highest BCUT2D eigenvalue weighted by Gasteiger charge is 2.29. The van der Waals surface area contributed by atoms with Crippen molar-refractivity contribution in [1.29, 1.82) is 0 Å². The van der Waals surface area contributed by atoms with Crippen molar-refractivity contribution in [3.05, 3.63) is 0 Å². The number of nitrogens with two attached hydrogens (primary N) is 1. The number of amides is 2. The number of carbonyl (C=O) groups excluding carboxylic acids is 1. The van der Waals surface area contributed by atoms with E-state index in [-0.39, 0.29) is 12.1 Å². The van der Waals surface area contributed by atoms with E-state index in [0.717, 1.165) is 38.8 Å². The number of thiocarbonyl (C=S) groups is 1. The number of likely N-dealkylation sites (tertiary alicyclic amines) is 1. The van der Waals surface area contributed by atoms with E-state index in [4.69, 9.17) is 18.0 Å². The molecule has 3 N–H and O–H groups in total. The standard InChI is InChI=1S/C13H23N3OS/c14-12(18)11(10-6-2-1-3-7-10)15-13(17)16-8-4-5-9-16/h10-11H,1-9H2,(H2,14,18)(H,15,17). The Balaban J connectivity index is 1.92. The van der Waals surface area contributed by atoms with Gasteiger partial charge in [0, 0.05) is 13.1 Å². The van der Waals surface area contributed by atoms with Crippen molar-refractivity contribution < 1.29 is 4.79 Å². The Bertz CT molecular complexity index is 309. The van der Waals surface area contributed by atoms with Crippen LogP contribution in [-0.4, -0.2) is 35.1 Å². The van der Waals surface area contributed by atoms with Gasteiger partial charge in [-0.2, -0.15) is 0 Å². The van der Waals surface area contributed by atoms with E-state index >= 15 is 0 Å². The highest BCUT2D eigenvalue weighted by molar-refractivity contribution is 7.80. The molecule has 2 rings (SSSR count). The van der Waals surface area contributed by atoms with E-state index in [2.05, 4.69) is 5.32 Å². The number of hydrogen-bond donors (Lipinski definition) is 2. The van der Waals surface area contributed by atoms with Gasteiger partial charge in [-0.3, -0.25) is 0 Å². The van der Waals surface area contributed by atoms with Crippen LogP contribution in [0.5, 0.6) is 0 Å². The number of rotatable bonds is 3. The van der Waals surface area contributed by atoms with Crippen LogP contribution >= 0.6 is 12.2 Å². The average Bonchev–Trinajstić information content (AvgIpc) is 2.90. The van der Waals surface area contributed by atoms with E-state index in [9.17, 15) is 4.79 Å². The van der Waals surface area contributed by atoms with Crippen LogP contribution in [0.25, 0.3) is 0 Å². The lowest BCUT2D eigenvalue weighted by Gasteiger charge is -2.31. The van der Waals surface area contributed by atoms with Gasteiger partial charge in [-0.05, 0) is 31.6 Å². The molecule has 1 heterocycles. The van der Waals surface area contributed by atoms with Crippen LogP contribution in [0.3, 0.4) is 0 Å². The van der Waals surface area contributed by atoms with Crippen LogP contribution in [0, 0.1) is 5.92 Å². The van der Waals surface area contributed by atoms with Gasteiger partial charge in [-0.15, -0.1) is 0 Å². The van der Waals surface area contributed by atoms with Crippen molar-refractivity contribution in [2.75, 3.05) is 13.1 Å². The van der Waals surface area contributed by atoms with Gasteiger partial charge in [0.05, 0.1) is 11.0 Å². The lowest BCUT2D eigenvalue weighted by Crippen LogP contribution is -2.52. The molecule has 5 heteroatoms. The van der Waals surface area contributed by atoms with Crippen molar-refractivity contribution in [2.24, 2.45) is 11.7 Å². The third-order valence-electron chi connectivity index (χ3n) is 4.10. The van der Waals surface area contributed by atoms with Crippen LogP contribution in [0.2, 0.25) is 0 Å². The number of nitrogens with zero attached hydrogens (tertiary/aromatic N) is 1. The first-order chi connectivity index (χ1) is 8.68. The van der Waals surface area contributed by atoms with E-state index in [1.807, 2.05) is 4.90 Å². The summed E-state index contributed by atoms with van der Waals surface area (Å²) < 4.78 is 0. The van der Waals surface area contributed by atoms with Gasteiger partial charge < -0.3 is 16.0 Å². The Hall–Kier alpha value is -0.840. The Kier molecular flexibility index (Phi) is 4.80. The lowest BCUT2D eigenvalue weighted by atomic mass is 9.84. The first-order valence-electron chi connectivity index (χ1n) is 7.03. The molecule has 18 heavy (non-hydrogen) atoms. The van der Waals surface area contributed by atoms with Gasteiger partial charge in [-0.1, -0.05) is 31.5 Å². The normalized spacial score (nSPS) is 22.8. The molecular weight excluding hydrogens is 246 g/mol. The fourth-order valence-corrected chi connectivity index (χ4v) is 3.28. The third kappa shape index (κ3) is 3.34. The maximum absolute atomic E-state index is 12.1. The molecule has 2 aliphatic rings. The molecule has 102 valence electrons. The Morgan fingerprint density at radius 3 is 2.33 bits per heavy atom. The van der Waals surface area contributed by atoms with E-state index in [1.54, 1.807) is 0 Å². The maximum Gasteiger partial charge on any atom is 0.317 e. The third-order valence-corrected chi connectivity index (χ3v) is 4.35. The number of urea groups is 1. The molecule has 0 radical (unpaired) electrons. The quantitative estimate of drug-likeness (QED) is 0.771. The topological polar surface area (TPSA) is 58.4 Å². The molecule has 4 nitrogen and oxygen atoms in total. The molecule has 2 amide bonds. The number of hydrogen-bond acceptors (Lipinski definition) is 2. The predicted molar refractivity (Wildman–Crippen MR) is 76.5 cm³/mol. The van der Waals surface area contributed by atoms with Crippen LogP contribution in [0.15, 0.2) is 0 Å². The predicted octanol–water partition coefficient (Wildman–Crippen LogP) is 2.03. The van der Waals surface area contributed by atoms with Gasteiger partial charge in [0.2, 0.25) is 0 Å². The molecule has 0 aromatic heterocycles. The minimum atomic E-state index is -0.117. The largest absolute Gasteiger partial charge is 0.392 e. The average molecular weight is 269 g/mol. The number of nitrogens with one attached hydrogen (secondary N) is 1. The van der Waals surface area contributed by atoms with Gasteiger partial charge in [0.25, 0.3) is 0 Å². The van der Waals surface area contributed by atoms with Crippen LogP contribution in [0.1, 0.15) is 44.9 Å². The van der Waals surface area contributed by atoms with Gasteiger partial charge >= 0.3 is 6.03 Å². The van der Waals surface area contributed by atoms with Crippen molar-refractivity contribution in [3.8, 4) is 0 Å². The monoisotopic (exact) mass is 269 g/mol. The lowest BCUT2D eigenvalue weighted by molar-refractivity contribution is 0.200. The second-order valence-corrected chi connectivity index (χ2v) is 5.89. The van der Waals surface area contributed by atoms with E-state index in [1.165, 1.54) is 19.3 Å². The summed E-state index contributed by atoms with van der Waals surface area (Å²) in [5, 5.41) is 3.05. The zero-order valence-corrected chi connectivity index (χ0v) is 11.7. The fraction of sp³-hybridized carbons (Fsp3) is 0.846. The summed E-state index contributed by atoms with van der Waals surface area (Å²) in [4.78, 5) is 14.4. The molecule has 0 bridgehead atoms. The van der Waals surface area contributed by atoms with Gasteiger partial charge in [0.1, 0.15) is 0 Å². The van der Waals surface area contributed by atoms with Crippen molar-refractivity contribution in [1.82, 2.24) is 10.2 Å². The molecule has 1 saturated heterocycles. The molecule has 1 unspecified atom stereocenters. The second-order valence-electron chi connectivity index (χ2n) is 5.42. The first-order valence-corrected chi connectivity index (χ1v) is 7.44. The smallest absolute Gasteiger partial charge is 0.317 e. The highest BCUT2D eigenvalue weighted by Crippen LogP contribution is 2.27. The summed E-state index contributed by atoms with van der Waals surface area (Å²) >= 11 is 5.14. The fourth-order valence-electron chi connectivity index (χ4n) is 3.03. The molecular formula is C13H23N3OS. The summed E-state index contributed by atoms with van der Waals surface area (Å²) in [5.74, 6) is 0.433.